The predicted molar refractivity (Wildman–Crippen MR) is 73.9 cm³/mol. The van der Waals surface area contributed by atoms with E-state index in [4.69, 9.17) is 9.47 Å². The molecule has 0 amide bonds. The first-order valence-electron chi connectivity index (χ1n) is 7.73. The molecule has 1 aliphatic carbocycles. The SMILES string of the molecule is CCCCOCCC1(CNC2CC2)CCCOC1. The molecule has 1 unspecified atom stereocenters. The summed E-state index contributed by atoms with van der Waals surface area (Å²) in [6, 6.07) is 0.796. The smallest absolute Gasteiger partial charge is 0.0535 e. The van der Waals surface area contributed by atoms with Crippen molar-refractivity contribution in [1.29, 1.82) is 0 Å². The maximum atomic E-state index is 5.74. The Bertz CT molecular complexity index is 223. The van der Waals surface area contributed by atoms with Crippen molar-refractivity contribution in [1.82, 2.24) is 5.32 Å². The zero-order valence-corrected chi connectivity index (χ0v) is 11.9. The molecule has 0 radical (unpaired) electrons. The average molecular weight is 255 g/mol. The van der Waals surface area contributed by atoms with Crippen LogP contribution in [0.4, 0.5) is 0 Å². The zero-order chi connectivity index (χ0) is 12.7. The van der Waals surface area contributed by atoms with Crippen LogP contribution in [0.3, 0.4) is 0 Å². The van der Waals surface area contributed by atoms with Crippen LogP contribution in [0.25, 0.3) is 0 Å². The summed E-state index contributed by atoms with van der Waals surface area (Å²) >= 11 is 0. The molecule has 2 rings (SSSR count). The molecule has 3 nitrogen and oxygen atoms in total. The molecular formula is C15H29NO2. The van der Waals surface area contributed by atoms with Gasteiger partial charge >= 0.3 is 0 Å². The zero-order valence-electron chi connectivity index (χ0n) is 11.9. The molecule has 1 N–H and O–H groups in total. The molecular weight excluding hydrogens is 226 g/mol. The molecule has 18 heavy (non-hydrogen) atoms. The highest BCUT2D eigenvalue weighted by atomic mass is 16.5. The first-order chi connectivity index (χ1) is 8.85. The lowest BCUT2D eigenvalue weighted by Crippen LogP contribution is -2.42. The standard InChI is InChI=1S/C15H29NO2/c1-2-3-9-17-11-8-15(7-4-10-18-13-15)12-16-14-5-6-14/h14,16H,2-13H2,1H3. The van der Waals surface area contributed by atoms with E-state index in [0.29, 0.717) is 5.41 Å². The van der Waals surface area contributed by atoms with Crippen LogP contribution in [0.15, 0.2) is 0 Å². The summed E-state index contributed by atoms with van der Waals surface area (Å²) in [6.45, 7) is 7.01. The van der Waals surface area contributed by atoms with Gasteiger partial charge in [-0.05, 0) is 38.5 Å². The largest absolute Gasteiger partial charge is 0.381 e. The molecule has 1 saturated heterocycles. The average Bonchev–Trinajstić information content (AvgIpc) is 3.22. The molecule has 1 heterocycles. The van der Waals surface area contributed by atoms with Crippen molar-refractivity contribution in [2.45, 2.75) is 57.9 Å². The molecule has 2 aliphatic rings. The van der Waals surface area contributed by atoms with Gasteiger partial charge < -0.3 is 14.8 Å². The summed E-state index contributed by atoms with van der Waals surface area (Å²) in [4.78, 5) is 0. The molecule has 2 fully saturated rings. The summed E-state index contributed by atoms with van der Waals surface area (Å²) in [7, 11) is 0. The molecule has 0 aromatic carbocycles. The van der Waals surface area contributed by atoms with Gasteiger partial charge in [0.15, 0.2) is 0 Å². The summed E-state index contributed by atoms with van der Waals surface area (Å²) in [5.74, 6) is 0. The van der Waals surface area contributed by atoms with Gasteiger partial charge in [0, 0.05) is 37.8 Å². The predicted octanol–water partition coefficient (Wildman–Crippen LogP) is 2.74. The van der Waals surface area contributed by atoms with Crippen LogP contribution in [-0.4, -0.2) is 39.0 Å². The van der Waals surface area contributed by atoms with Crippen molar-refractivity contribution in [2.24, 2.45) is 5.41 Å². The number of unbranched alkanes of at least 4 members (excludes halogenated alkanes) is 1. The Morgan fingerprint density at radius 2 is 2.22 bits per heavy atom. The maximum absolute atomic E-state index is 5.74. The van der Waals surface area contributed by atoms with Crippen LogP contribution in [-0.2, 0) is 9.47 Å². The van der Waals surface area contributed by atoms with E-state index in [9.17, 15) is 0 Å². The second-order valence-corrected chi connectivity index (χ2v) is 6.03. The Labute approximate surface area is 112 Å². The highest BCUT2D eigenvalue weighted by molar-refractivity contribution is 4.89. The summed E-state index contributed by atoms with van der Waals surface area (Å²) < 4.78 is 11.5. The molecule has 0 aromatic rings. The third-order valence-corrected chi connectivity index (χ3v) is 4.17. The Morgan fingerprint density at radius 1 is 1.33 bits per heavy atom. The van der Waals surface area contributed by atoms with Gasteiger partial charge in [0.2, 0.25) is 0 Å². The second-order valence-electron chi connectivity index (χ2n) is 6.03. The Morgan fingerprint density at radius 3 is 2.89 bits per heavy atom. The van der Waals surface area contributed by atoms with E-state index >= 15 is 0 Å². The summed E-state index contributed by atoms with van der Waals surface area (Å²) in [6.07, 6.45) is 8.79. The normalized spacial score (nSPS) is 28.5. The van der Waals surface area contributed by atoms with Gasteiger partial charge in [-0.1, -0.05) is 13.3 Å². The minimum atomic E-state index is 0.340. The van der Waals surface area contributed by atoms with E-state index in [0.717, 1.165) is 45.4 Å². The number of rotatable bonds is 9. The Balaban J connectivity index is 1.68. The highest BCUT2D eigenvalue weighted by Gasteiger charge is 2.34. The van der Waals surface area contributed by atoms with Crippen molar-refractivity contribution < 1.29 is 9.47 Å². The maximum Gasteiger partial charge on any atom is 0.0535 e. The van der Waals surface area contributed by atoms with E-state index in [1.54, 1.807) is 0 Å². The van der Waals surface area contributed by atoms with Crippen molar-refractivity contribution in [3.63, 3.8) is 0 Å². The molecule has 1 saturated carbocycles. The van der Waals surface area contributed by atoms with Crippen LogP contribution in [0, 0.1) is 5.41 Å². The van der Waals surface area contributed by atoms with Crippen molar-refractivity contribution >= 4 is 0 Å². The Hall–Kier alpha value is -0.120. The summed E-state index contributed by atoms with van der Waals surface area (Å²) in [5, 5.41) is 3.68. The Kier molecular flexibility index (Phi) is 5.93. The third-order valence-electron chi connectivity index (χ3n) is 4.17. The van der Waals surface area contributed by atoms with Gasteiger partial charge in [-0.25, -0.2) is 0 Å². The van der Waals surface area contributed by atoms with Gasteiger partial charge in [-0.2, -0.15) is 0 Å². The van der Waals surface area contributed by atoms with Gasteiger partial charge in [0.1, 0.15) is 0 Å². The summed E-state index contributed by atoms with van der Waals surface area (Å²) in [5.41, 5.74) is 0.340. The second kappa shape index (κ2) is 7.46. The van der Waals surface area contributed by atoms with Crippen molar-refractivity contribution in [2.75, 3.05) is 33.0 Å². The van der Waals surface area contributed by atoms with Crippen molar-refractivity contribution in [3.8, 4) is 0 Å². The lowest BCUT2D eigenvalue weighted by molar-refractivity contribution is -0.0275. The topological polar surface area (TPSA) is 30.5 Å². The van der Waals surface area contributed by atoms with Gasteiger partial charge in [0.05, 0.1) is 6.61 Å². The quantitative estimate of drug-likeness (QED) is 0.643. The molecule has 106 valence electrons. The monoisotopic (exact) mass is 255 g/mol. The minimum absolute atomic E-state index is 0.340. The fourth-order valence-corrected chi connectivity index (χ4v) is 2.62. The van der Waals surface area contributed by atoms with Crippen LogP contribution in [0.1, 0.15) is 51.9 Å². The highest BCUT2D eigenvalue weighted by Crippen LogP contribution is 2.33. The van der Waals surface area contributed by atoms with Crippen molar-refractivity contribution in [3.05, 3.63) is 0 Å². The first kappa shape index (κ1) is 14.3. The van der Waals surface area contributed by atoms with E-state index < -0.39 is 0 Å². The molecule has 0 aromatic heterocycles. The van der Waals surface area contributed by atoms with Crippen LogP contribution in [0.5, 0.6) is 0 Å². The molecule has 0 bridgehead atoms. The third kappa shape index (κ3) is 4.87. The van der Waals surface area contributed by atoms with Gasteiger partial charge in [0.25, 0.3) is 0 Å². The molecule has 3 heteroatoms. The fraction of sp³-hybridized carbons (Fsp3) is 1.00. The number of nitrogens with one attached hydrogen (secondary N) is 1. The molecule has 1 atom stereocenters. The van der Waals surface area contributed by atoms with E-state index in [1.807, 2.05) is 0 Å². The molecule has 0 spiro atoms. The van der Waals surface area contributed by atoms with E-state index in [1.165, 1.54) is 38.5 Å². The van der Waals surface area contributed by atoms with E-state index in [2.05, 4.69) is 12.2 Å². The minimum Gasteiger partial charge on any atom is -0.381 e. The van der Waals surface area contributed by atoms with E-state index in [-0.39, 0.29) is 0 Å². The molecule has 1 aliphatic heterocycles. The lowest BCUT2D eigenvalue weighted by atomic mass is 9.79. The van der Waals surface area contributed by atoms with Crippen LogP contribution in [0.2, 0.25) is 0 Å². The first-order valence-corrected chi connectivity index (χ1v) is 7.73. The lowest BCUT2D eigenvalue weighted by Gasteiger charge is -2.37. The van der Waals surface area contributed by atoms with Gasteiger partial charge in [-0.3, -0.25) is 0 Å². The fourth-order valence-electron chi connectivity index (χ4n) is 2.62. The number of hydrogen-bond acceptors (Lipinski definition) is 3. The van der Waals surface area contributed by atoms with Crippen LogP contribution >= 0.6 is 0 Å². The number of ether oxygens (including phenoxy) is 2. The number of hydrogen-bond donors (Lipinski definition) is 1. The van der Waals surface area contributed by atoms with Gasteiger partial charge in [-0.15, -0.1) is 0 Å². The van der Waals surface area contributed by atoms with Crippen LogP contribution < -0.4 is 5.32 Å².